The Hall–Kier alpha value is -1.63. The van der Waals surface area contributed by atoms with E-state index in [-0.39, 0.29) is 18.0 Å². The van der Waals surface area contributed by atoms with Gasteiger partial charge in [0.25, 0.3) is 5.76 Å². The summed E-state index contributed by atoms with van der Waals surface area (Å²) in [6.07, 6.45) is 0. The topological polar surface area (TPSA) is 25.2 Å². The first-order valence-electron chi connectivity index (χ1n) is 5.71. The Morgan fingerprint density at radius 2 is 1.85 bits per heavy atom. The zero-order valence-corrected chi connectivity index (χ0v) is 11.0. The summed E-state index contributed by atoms with van der Waals surface area (Å²) in [5.74, 6) is -2.83. The van der Waals surface area contributed by atoms with Gasteiger partial charge in [-0.05, 0) is 24.3 Å². The van der Waals surface area contributed by atoms with Crippen LogP contribution in [0.1, 0.15) is 11.5 Å². The summed E-state index contributed by atoms with van der Waals surface area (Å²) >= 11 is 0.467. The fraction of sp³-hybridized carbons (Fsp3) is 0.231. The highest BCUT2D eigenvalue weighted by molar-refractivity contribution is 7.98. The van der Waals surface area contributed by atoms with Gasteiger partial charge in [-0.3, -0.25) is 0 Å². The van der Waals surface area contributed by atoms with Crippen molar-refractivity contribution in [1.82, 2.24) is 0 Å². The molecule has 0 radical (unpaired) electrons. The Morgan fingerprint density at radius 1 is 1.10 bits per heavy atom. The van der Waals surface area contributed by atoms with E-state index < -0.39 is 17.4 Å². The van der Waals surface area contributed by atoms with E-state index in [1.807, 2.05) is 0 Å². The van der Waals surface area contributed by atoms with Gasteiger partial charge in [0.15, 0.2) is 0 Å². The van der Waals surface area contributed by atoms with Gasteiger partial charge in [-0.1, -0.05) is 11.8 Å². The minimum Gasteiger partial charge on any atom is -0.463 e. The number of hydrogen-bond acceptors (Lipinski definition) is 3. The van der Waals surface area contributed by atoms with Crippen LogP contribution >= 0.6 is 11.8 Å². The second kappa shape index (κ2) is 6.69. The van der Waals surface area contributed by atoms with Gasteiger partial charge in [0, 0.05) is 6.07 Å². The highest BCUT2D eigenvalue weighted by atomic mass is 32.2. The molecule has 20 heavy (non-hydrogen) atoms. The molecule has 0 saturated heterocycles. The molecular formula is C13H11F4NOS. The highest BCUT2D eigenvalue weighted by Gasteiger charge is 2.08. The van der Waals surface area contributed by atoms with Crippen LogP contribution in [0.4, 0.5) is 23.2 Å². The van der Waals surface area contributed by atoms with Crippen molar-refractivity contribution in [1.29, 1.82) is 0 Å². The first-order chi connectivity index (χ1) is 9.54. The highest BCUT2D eigenvalue weighted by Crippen LogP contribution is 2.22. The third kappa shape index (κ3) is 4.19. The summed E-state index contributed by atoms with van der Waals surface area (Å²) in [5, 5.41) is 2.74. The van der Waals surface area contributed by atoms with Gasteiger partial charge in [0.1, 0.15) is 23.2 Å². The Balaban J connectivity index is 1.90. The molecule has 0 saturated carbocycles. The second-order valence-electron chi connectivity index (χ2n) is 3.92. The lowest BCUT2D eigenvalue weighted by Gasteiger charge is -2.05. The Morgan fingerprint density at radius 3 is 2.55 bits per heavy atom. The first-order valence-corrected chi connectivity index (χ1v) is 6.76. The lowest BCUT2D eigenvalue weighted by molar-refractivity contribution is 0.251. The van der Waals surface area contributed by atoms with Crippen LogP contribution in [0.3, 0.4) is 0 Å². The molecule has 2 nitrogen and oxygen atoms in total. The third-order valence-electron chi connectivity index (χ3n) is 2.45. The zero-order chi connectivity index (χ0) is 14.5. The molecule has 1 aromatic heterocycles. The molecule has 0 bridgehead atoms. The molecule has 2 rings (SSSR count). The number of nitrogens with one attached hydrogen (secondary N) is 1. The quantitative estimate of drug-likeness (QED) is 0.788. The maximum atomic E-state index is 13.3. The molecule has 0 aliphatic rings. The van der Waals surface area contributed by atoms with E-state index in [9.17, 15) is 17.6 Å². The fourth-order valence-electron chi connectivity index (χ4n) is 1.56. The fourth-order valence-corrected chi connectivity index (χ4v) is 2.00. The van der Waals surface area contributed by atoms with Crippen molar-refractivity contribution < 1.29 is 22.0 Å². The standard InChI is InChI=1S/C13H11F4NOS/c14-8-1-4-12(11(15)5-8)18-6-9-2-3-10(19-9)7-20-13(16)17/h1-5,13,18H,6-7H2. The monoisotopic (exact) mass is 305 g/mol. The number of furan rings is 1. The van der Waals surface area contributed by atoms with Crippen molar-refractivity contribution in [3.8, 4) is 0 Å². The van der Waals surface area contributed by atoms with Crippen LogP contribution < -0.4 is 5.32 Å². The summed E-state index contributed by atoms with van der Waals surface area (Å²) in [6, 6.07) is 6.40. The van der Waals surface area contributed by atoms with Gasteiger partial charge in [0.2, 0.25) is 0 Å². The smallest absolute Gasteiger partial charge is 0.284 e. The van der Waals surface area contributed by atoms with Crippen LogP contribution in [0.15, 0.2) is 34.7 Å². The van der Waals surface area contributed by atoms with Crippen LogP contribution in [0.25, 0.3) is 0 Å². The maximum Gasteiger partial charge on any atom is 0.284 e. The van der Waals surface area contributed by atoms with Gasteiger partial charge in [-0.2, -0.15) is 8.78 Å². The number of benzene rings is 1. The second-order valence-corrected chi connectivity index (χ2v) is 4.90. The molecule has 1 heterocycles. The summed E-state index contributed by atoms with van der Waals surface area (Å²) in [5.41, 5.74) is 0.145. The van der Waals surface area contributed by atoms with E-state index in [2.05, 4.69) is 5.32 Å². The minimum atomic E-state index is -2.45. The van der Waals surface area contributed by atoms with E-state index in [1.165, 1.54) is 6.07 Å². The summed E-state index contributed by atoms with van der Waals surface area (Å²) < 4.78 is 55.4. The van der Waals surface area contributed by atoms with Gasteiger partial charge >= 0.3 is 0 Å². The van der Waals surface area contributed by atoms with Crippen LogP contribution in [-0.2, 0) is 12.3 Å². The average molecular weight is 305 g/mol. The Labute approximate surface area is 117 Å². The molecule has 0 atom stereocenters. The predicted octanol–water partition coefficient (Wildman–Crippen LogP) is 4.63. The number of halogens is 4. The number of anilines is 1. The van der Waals surface area contributed by atoms with Gasteiger partial charge < -0.3 is 9.73 Å². The summed E-state index contributed by atoms with van der Waals surface area (Å²) in [7, 11) is 0. The molecule has 0 amide bonds. The molecule has 0 spiro atoms. The minimum absolute atomic E-state index is 0.0720. The first kappa shape index (κ1) is 14.8. The molecule has 0 fully saturated rings. The zero-order valence-electron chi connectivity index (χ0n) is 10.2. The van der Waals surface area contributed by atoms with E-state index in [1.54, 1.807) is 12.1 Å². The van der Waals surface area contributed by atoms with Crippen molar-refractivity contribution in [3.05, 3.63) is 53.5 Å². The molecule has 0 unspecified atom stereocenters. The van der Waals surface area contributed by atoms with E-state index in [0.29, 0.717) is 23.3 Å². The van der Waals surface area contributed by atoms with Crippen molar-refractivity contribution in [2.24, 2.45) is 0 Å². The average Bonchev–Trinajstić information content (AvgIpc) is 2.83. The number of alkyl halides is 2. The molecule has 0 aliphatic heterocycles. The van der Waals surface area contributed by atoms with E-state index in [4.69, 9.17) is 4.42 Å². The molecule has 7 heteroatoms. The number of hydrogen-bond donors (Lipinski definition) is 1. The molecule has 2 aromatic rings. The van der Waals surface area contributed by atoms with Crippen molar-refractivity contribution in [2.75, 3.05) is 5.32 Å². The Bertz CT molecular complexity index is 573. The predicted molar refractivity (Wildman–Crippen MR) is 69.7 cm³/mol. The number of thioether (sulfide) groups is 1. The van der Waals surface area contributed by atoms with Gasteiger partial charge in [-0.15, -0.1) is 0 Å². The van der Waals surface area contributed by atoms with Crippen LogP contribution in [0.2, 0.25) is 0 Å². The molecular weight excluding hydrogens is 294 g/mol. The van der Waals surface area contributed by atoms with Gasteiger partial charge in [-0.25, -0.2) is 8.78 Å². The largest absolute Gasteiger partial charge is 0.463 e. The molecule has 0 aliphatic carbocycles. The van der Waals surface area contributed by atoms with Crippen LogP contribution in [-0.4, -0.2) is 5.76 Å². The third-order valence-corrected chi connectivity index (χ3v) is 3.16. The van der Waals surface area contributed by atoms with E-state index in [0.717, 1.165) is 12.1 Å². The normalized spacial score (nSPS) is 11.1. The Kier molecular flexibility index (Phi) is 4.94. The number of rotatable bonds is 6. The van der Waals surface area contributed by atoms with Gasteiger partial charge in [0.05, 0.1) is 18.0 Å². The lowest BCUT2D eigenvalue weighted by atomic mass is 10.3. The van der Waals surface area contributed by atoms with Crippen molar-refractivity contribution in [3.63, 3.8) is 0 Å². The lowest BCUT2D eigenvalue weighted by Crippen LogP contribution is -2.00. The molecule has 108 valence electrons. The SMILES string of the molecule is Fc1ccc(NCc2ccc(CSC(F)F)o2)c(F)c1. The van der Waals surface area contributed by atoms with Crippen molar-refractivity contribution >= 4 is 17.4 Å². The summed E-state index contributed by atoms with van der Waals surface area (Å²) in [4.78, 5) is 0. The van der Waals surface area contributed by atoms with Crippen molar-refractivity contribution in [2.45, 2.75) is 18.1 Å². The van der Waals surface area contributed by atoms with Crippen LogP contribution in [0.5, 0.6) is 0 Å². The summed E-state index contributed by atoms with van der Waals surface area (Å²) in [6.45, 7) is 0.182. The maximum absolute atomic E-state index is 13.3. The van der Waals surface area contributed by atoms with E-state index >= 15 is 0 Å². The van der Waals surface area contributed by atoms with Crippen LogP contribution in [0, 0.1) is 11.6 Å². The molecule has 1 aromatic carbocycles. The molecule has 1 N–H and O–H groups in total.